The Hall–Kier alpha value is -0.770. The molecule has 2 unspecified atom stereocenters. The number of ether oxygens (including phenoxy) is 1. The number of hydrogen-bond donors (Lipinski definition) is 0. The summed E-state index contributed by atoms with van der Waals surface area (Å²) in [4.78, 5) is 15.6. The van der Waals surface area contributed by atoms with E-state index in [0.29, 0.717) is 18.7 Å². The van der Waals surface area contributed by atoms with E-state index in [9.17, 15) is 4.79 Å². The zero-order valence-corrected chi connectivity index (χ0v) is 9.49. The highest BCUT2D eigenvalue weighted by molar-refractivity contribution is 5.67. The molecule has 0 N–H and O–H groups in total. The molecule has 1 aliphatic rings. The third-order valence-corrected chi connectivity index (χ3v) is 2.89. The number of rotatable bonds is 1. The van der Waals surface area contributed by atoms with E-state index in [1.807, 2.05) is 6.92 Å². The van der Waals surface area contributed by atoms with Crippen LogP contribution in [0.25, 0.3) is 0 Å². The minimum atomic E-state index is -0.181. The Bertz CT molecular complexity index is 196. The Morgan fingerprint density at radius 3 is 2.29 bits per heavy atom. The van der Waals surface area contributed by atoms with Crippen molar-refractivity contribution in [3.8, 4) is 0 Å². The van der Waals surface area contributed by atoms with Crippen molar-refractivity contribution in [1.29, 1.82) is 0 Å². The first kappa shape index (κ1) is 11.3. The van der Waals surface area contributed by atoms with Gasteiger partial charge in [-0.05, 0) is 27.8 Å². The van der Waals surface area contributed by atoms with E-state index in [0.717, 1.165) is 13.1 Å². The lowest BCUT2D eigenvalue weighted by Gasteiger charge is -2.41. The molecule has 1 rings (SSSR count). The smallest absolute Gasteiger partial charge is 0.409 e. The van der Waals surface area contributed by atoms with Crippen molar-refractivity contribution < 1.29 is 9.53 Å². The molecule has 0 radical (unpaired) electrons. The van der Waals surface area contributed by atoms with Gasteiger partial charge in [-0.2, -0.15) is 0 Å². The number of likely N-dealkylation sites (N-methyl/N-ethyl adjacent to an activating group) is 1. The summed E-state index contributed by atoms with van der Waals surface area (Å²) in [5, 5.41) is 0. The number of amides is 1. The molecule has 82 valence electrons. The fraction of sp³-hybridized carbons (Fsp3) is 0.900. The molecule has 0 aliphatic carbocycles. The van der Waals surface area contributed by atoms with Gasteiger partial charge < -0.3 is 9.64 Å². The number of piperazine rings is 1. The lowest BCUT2D eigenvalue weighted by atomic mass is 10.1. The molecule has 4 nitrogen and oxygen atoms in total. The number of hydrogen-bond acceptors (Lipinski definition) is 3. The van der Waals surface area contributed by atoms with Crippen molar-refractivity contribution in [2.24, 2.45) is 0 Å². The normalized spacial score (nSPS) is 29.0. The molecule has 0 aromatic rings. The second kappa shape index (κ2) is 4.64. The third-order valence-electron chi connectivity index (χ3n) is 2.89. The number of carbonyl (C=O) groups excluding carboxylic acids is 1. The summed E-state index contributed by atoms with van der Waals surface area (Å²) in [6, 6.07) is 0.811. The van der Waals surface area contributed by atoms with E-state index in [2.05, 4.69) is 25.8 Å². The molecular weight excluding hydrogens is 180 g/mol. The lowest BCUT2D eigenvalue weighted by molar-refractivity contribution is 0.0428. The van der Waals surface area contributed by atoms with Crippen LogP contribution in [0.5, 0.6) is 0 Å². The molecule has 0 aromatic heterocycles. The largest absolute Gasteiger partial charge is 0.450 e. The van der Waals surface area contributed by atoms with E-state index in [-0.39, 0.29) is 6.09 Å². The molecule has 0 saturated carbocycles. The Balaban J connectivity index is 2.53. The summed E-state index contributed by atoms with van der Waals surface area (Å²) in [5.41, 5.74) is 0. The monoisotopic (exact) mass is 200 g/mol. The van der Waals surface area contributed by atoms with Gasteiger partial charge >= 0.3 is 6.09 Å². The molecular formula is C10H20N2O2. The van der Waals surface area contributed by atoms with Crippen LogP contribution in [0, 0.1) is 0 Å². The standard InChI is InChI=1S/C10H20N2O2/c1-5-14-10(13)12-6-8(2)11(4)9(3)7-12/h8-9H,5-7H2,1-4H3. The van der Waals surface area contributed by atoms with Crippen LogP contribution >= 0.6 is 0 Å². The maximum atomic E-state index is 11.5. The minimum Gasteiger partial charge on any atom is -0.450 e. The molecule has 0 bridgehead atoms. The van der Waals surface area contributed by atoms with Gasteiger partial charge in [0.15, 0.2) is 0 Å². The van der Waals surface area contributed by atoms with Crippen molar-refractivity contribution in [2.75, 3.05) is 26.7 Å². The van der Waals surface area contributed by atoms with Gasteiger partial charge in [-0.1, -0.05) is 0 Å². The van der Waals surface area contributed by atoms with Crippen LogP contribution in [-0.2, 0) is 4.74 Å². The van der Waals surface area contributed by atoms with Crippen LogP contribution in [0.1, 0.15) is 20.8 Å². The molecule has 14 heavy (non-hydrogen) atoms. The summed E-state index contributed by atoms with van der Waals surface area (Å²) >= 11 is 0. The summed E-state index contributed by atoms with van der Waals surface area (Å²) in [7, 11) is 2.10. The molecule has 4 heteroatoms. The molecule has 0 spiro atoms. The summed E-state index contributed by atoms with van der Waals surface area (Å²) in [6.07, 6.45) is -0.181. The maximum Gasteiger partial charge on any atom is 0.409 e. The van der Waals surface area contributed by atoms with Gasteiger partial charge in [0.05, 0.1) is 6.61 Å². The van der Waals surface area contributed by atoms with Crippen molar-refractivity contribution in [1.82, 2.24) is 9.80 Å². The molecule has 1 fully saturated rings. The number of nitrogens with zero attached hydrogens (tertiary/aromatic N) is 2. The average Bonchev–Trinajstić information content (AvgIpc) is 2.13. The van der Waals surface area contributed by atoms with Gasteiger partial charge in [0, 0.05) is 25.2 Å². The van der Waals surface area contributed by atoms with Gasteiger partial charge in [0.1, 0.15) is 0 Å². The van der Waals surface area contributed by atoms with Gasteiger partial charge in [-0.15, -0.1) is 0 Å². The van der Waals surface area contributed by atoms with Crippen LogP contribution in [0.4, 0.5) is 4.79 Å². The Morgan fingerprint density at radius 2 is 1.86 bits per heavy atom. The highest BCUT2D eigenvalue weighted by atomic mass is 16.6. The molecule has 1 heterocycles. The minimum absolute atomic E-state index is 0.181. The SMILES string of the molecule is CCOC(=O)N1CC(C)N(C)C(C)C1. The second-order valence-electron chi connectivity index (χ2n) is 3.97. The molecule has 1 aliphatic heterocycles. The second-order valence-corrected chi connectivity index (χ2v) is 3.97. The van der Waals surface area contributed by atoms with E-state index in [4.69, 9.17) is 4.74 Å². The van der Waals surface area contributed by atoms with Gasteiger partial charge in [-0.3, -0.25) is 4.90 Å². The summed E-state index contributed by atoms with van der Waals surface area (Å²) < 4.78 is 4.98. The highest BCUT2D eigenvalue weighted by Crippen LogP contribution is 2.13. The van der Waals surface area contributed by atoms with E-state index in [1.165, 1.54) is 0 Å². The van der Waals surface area contributed by atoms with Gasteiger partial charge in [-0.25, -0.2) is 4.79 Å². The third kappa shape index (κ3) is 2.38. The molecule has 0 aromatic carbocycles. The zero-order chi connectivity index (χ0) is 10.7. The highest BCUT2D eigenvalue weighted by Gasteiger charge is 2.29. The van der Waals surface area contributed by atoms with Gasteiger partial charge in [0.2, 0.25) is 0 Å². The Kier molecular flexibility index (Phi) is 3.75. The fourth-order valence-corrected chi connectivity index (χ4v) is 1.77. The quantitative estimate of drug-likeness (QED) is 0.637. The van der Waals surface area contributed by atoms with E-state index in [1.54, 1.807) is 4.90 Å². The summed E-state index contributed by atoms with van der Waals surface area (Å²) in [5.74, 6) is 0. The topological polar surface area (TPSA) is 32.8 Å². The average molecular weight is 200 g/mol. The first-order chi connectivity index (χ1) is 6.56. The van der Waals surface area contributed by atoms with Crippen molar-refractivity contribution in [3.05, 3.63) is 0 Å². The number of carbonyl (C=O) groups is 1. The maximum absolute atomic E-state index is 11.5. The first-order valence-corrected chi connectivity index (χ1v) is 5.19. The van der Waals surface area contributed by atoms with Crippen LogP contribution in [0.2, 0.25) is 0 Å². The van der Waals surface area contributed by atoms with E-state index >= 15 is 0 Å². The van der Waals surface area contributed by atoms with Gasteiger partial charge in [0.25, 0.3) is 0 Å². The van der Waals surface area contributed by atoms with Crippen LogP contribution in [0.15, 0.2) is 0 Å². The Morgan fingerprint density at radius 1 is 1.36 bits per heavy atom. The lowest BCUT2D eigenvalue weighted by Crippen LogP contribution is -2.56. The van der Waals surface area contributed by atoms with Crippen molar-refractivity contribution in [2.45, 2.75) is 32.9 Å². The zero-order valence-electron chi connectivity index (χ0n) is 9.49. The van der Waals surface area contributed by atoms with Crippen LogP contribution in [-0.4, -0.2) is 54.7 Å². The van der Waals surface area contributed by atoms with Crippen LogP contribution < -0.4 is 0 Å². The predicted molar refractivity (Wildman–Crippen MR) is 55.3 cm³/mol. The predicted octanol–water partition coefficient (Wildman–Crippen LogP) is 1.17. The molecule has 2 atom stereocenters. The van der Waals surface area contributed by atoms with Crippen molar-refractivity contribution >= 4 is 6.09 Å². The Labute approximate surface area is 85.8 Å². The van der Waals surface area contributed by atoms with Crippen molar-refractivity contribution in [3.63, 3.8) is 0 Å². The fourth-order valence-electron chi connectivity index (χ4n) is 1.77. The summed E-state index contributed by atoms with van der Waals surface area (Å²) in [6.45, 7) is 8.07. The van der Waals surface area contributed by atoms with Crippen LogP contribution in [0.3, 0.4) is 0 Å². The molecule has 1 amide bonds. The first-order valence-electron chi connectivity index (χ1n) is 5.19. The van der Waals surface area contributed by atoms with E-state index < -0.39 is 0 Å². The molecule has 1 saturated heterocycles.